The smallest absolute Gasteiger partial charge is 0.223 e. The molecule has 3 rings (SSSR count). The molecule has 0 radical (unpaired) electrons. The fourth-order valence-corrected chi connectivity index (χ4v) is 3.94. The molecule has 3 heterocycles. The highest BCUT2D eigenvalue weighted by molar-refractivity contribution is 7.15. The first kappa shape index (κ1) is 17.8. The third-order valence-electron chi connectivity index (χ3n) is 4.09. The molecule has 0 bridgehead atoms. The molecule has 1 amide bonds. The average molecular weight is 361 g/mol. The molecule has 1 aliphatic heterocycles. The minimum atomic E-state index is -0.0978. The lowest BCUT2D eigenvalue weighted by Crippen LogP contribution is -2.27. The van der Waals surface area contributed by atoms with Crippen molar-refractivity contribution >= 4 is 22.4 Å². The summed E-state index contributed by atoms with van der Waals surface area (Å²) in [7, 11) is 0. The van der Waals surface area contributed by atoms with Gasteiger partial charge in [-0.05, 0) is 20.8 Å². The highest BCUT2D eigenvalue weighted by Crippen LogP contribution is 2.26. The van der Waals surface area contributed by atoms with Gasteiger partial charge in [0, 0.05) is 55.3 Å². The fourth-order valence-electron chi connectivity index (χ4n) is 3.05. The Hall–Kier alpha value is -2.06. The Labute approximate surface area is 151 Å². The molecule has 0 saturated carbocycles. The molecule has 1 fully saturated rings. The van der Waals surface area contributed by atoms with Crippen LogP contribution >= 0.6 is 11.3 Å². The first-order valence-electron chi connectivity index (χ1n) is 8.34. The number of nitrogens with zero attached hydrogens (tertiary/aromatic N) is 4. The van der Waals surface area contributed by atoms with E-state index in [0.29, 0.717) is 17.1 Å². The average Bonchev–Trinajstić information content (AvgIpc) is 3.05. The van der Waals surface area contributed by atoms with Gasteiger partial charge in [0.25, 0.3) is 0 Å². The van der Waals surface area contributed by atoms with E-state index in [-0.39, 0.29) is 12.0 Å². The molecule has 1 N–H and O–H groups in total. The Balaban J connectivity index is 1.59. The van der Waals surface area contributed by atoms with Crippen molar-refractivity contribution in [3.63, 3.8) is 0 Å². The van der Waals surface area contributed by atoms with Gasteiger partial charge in [-0.1, -0.05) is 0 Å². The number of ether oxygens (including phenoxy) is 1. The number of aromatic nitrogens is 3. The molecule has 1 aliphatic rings. The second-order valence-corrected chi connectivity index (χ2v) is 7.58. The molecular formula is C17H23N5O2S. The number of hydrogen-bond donors (Lipinski definition) is 1. The summed E-state index contributed by atoms with van der Waals surface area (Å²) in [5.41, 5.74) is 0.917. The van der Waals surface area contributed by atoms with Crippen LogP contribution < -0.4 is 10.1 Å². The molecule has 0 unspecified atom stereocenters. The molecule has 1 saturated heterocycles. The van der Waals surface area contributed by atoms with Gasteiger partial charge in [0.05, 0.1) is 0 Å². The Bertz CT molecular complexity index is 743. The monoisotopic (exact) mass is 361 g/mol. The molecule has 2 atom stereocenters. The largest absolute Gasteiger partial charge is 0.473 e. The van der Waals surface area contributed by atoms with Crippen molar-refractivity contribution in [2.45, 2.75) is 52.8 Å². The first-order chi connectivity index (χ1) is 11.9. The lowest BCUT2D eigenvalue weighted by molar-refractivity contribution is -0.114. The number of carbonyl (C=O) groups excluding carboxylic acids is 1. The Kier molecular flexibility index (Phi) is 5.29. The summed E-state index contributed by atoms with van der Waals surface area (Å²) >= 11 is 1.51. The number of hydrogen-bond acceptors (Lipinski definition) is 7. The standard InChI is InChI=1S/C17H23N5O2S/c1-10-5-16(20-12(3)19-10)24-14-6-11(2)22(8-14)9-15-7-18-17(25-15)21-13(4)23/h5,7,11,14H,6,8-9H2,1-4H3,(H,18,21,23)/t11-,14+/m0/s1. The number of thiazole rings is 1. The molecule has 0 spiro atoms. The fraction of sp³-hybridized carbons (Fsp3) is 0.529. The summed E-state index contributed by atoms with van der Waals surface area (Å²) in [5, 5.41) is 3.37. The Morgan fingerprint density at radius 1 is 1.44 bits per heavy atom. The SMILES string of the molecule is CC(=O)Nc1ncc(CN2C[C@H](Oc3cc(C)nc(C)n3)C[C@@H]2C)s1. The number of aryl methyl sites for hydroxylation is 2. The van der Waals surface area contributed by atoms with Crippen LogP contribution in [0.25, 0.3) is 0 Å². The topological polar surface area (TPSA) is 80.2 Å². The van der Waals surface area contributed by atoms with Crippen molar-refractivity contribution in [3.8, 4) is 5.88 Å². The van der Waals surface area contributed by atoms with Crippen LogP contribution in [0.4, 0.5) is 5.13 Å². The first-order valence-corrected chi connectivity index (χ1v) is 9.16. The van der Waals surface area contributed by atoms with Gasteiger partial charge in [-0.25, -0.2) is 9.97 Å². The summed E-state index contributed by atoms with van der Waals surface area (Å²) < 4.78 is 6.07. The molecule has 2 aromatic heterocycles. The van der Waals surface area contributed by atoms with Crippen molar-refractivity contribution in [2.75, 3.05) is 11.9 Å². The van der Waals surface area contributed by atoms with Gasteiger partial charge in [0.15, 0.2) is 5.13 Å². The maximum Gasteiger partial charge on any atom is 0.223 e. The zero-order valence-electron chi connectivity index (χ0n) is 14.9. The number of amides is 1. The lowest BCUT2D eigenvalue weighted by Gasteiger charge is -2.19. The number of anilines is 1. The van der Waals surface area contributed by atoms with Crippen molar-refractivity contribution in [1.82, 2.24) is 19.9 Å². The van der Waals surface area contributed by atoms with Gasteiger partial charge in [0.2, 0.25) is 11.8 Å². The summed E-state index contributed by atoms with van der Waals surface area (Å²) in [4.78, 5) is 27.5. The molecule has 0 aliphatic carbocycles. The van der Waals surface area contributed by atoms with Gasteiger partial charge in [-0.3, -0.25) is 9.69 Å². The highest BCUT2D eigenvalue weighted by atomic mass is 32.1. The van der Waals surface area contributed by atoms with Gasteiger partial charge in [0.1, 0.15) is 11.9 Å². The molecule has 8 heteroatoms. The predicted octanol–water partition coefficient (Wildman–Crippen LogP) is 2.55. The van der Waals surface area contributed by atoms with E-state index >= 15 is 0 Å². The zero-order valence-corrected chi connectivity index (χ0v) is 15.8. The van der Waals surface area contributed by atoms with Crippen LogP contribution in [-0.4, -0.2) is 44.4 Å². The van der Waals surface area contributed by atoms with Gasteiger partial charge >= 0.3 is 0 Å². The van der Waals surface area contributed by atoms with Gasteiger partial charge < -0.3 is 10.1 Å². The van der Waals surface area contributed by atoms with Crippen LogP contribution in [-0.2, 0) is 11.3 Å². The molecule has 134 valence electrons. The second-order valence-electron chi connectivity index (χ2n) is 6.46. The third kappa shape index (κ3) is 4.73. The lowest BCUT2D eigenvalue weighted by atomic mass is 10.2. The van der Waals surface area contributed by atoms with Gasteiger partial charge in [-0.15, -0.1) is 11.3 Å². The van der Waals surface area contributed by atoms with E-state index in [1.165, 1.54) is 18.3 Å². The molecule has 2 aromatic rings. The maximum absolute atomic E-state index is 11.1. The van der Waals surface area contributed by atoms with E-state index in [2.05, 4.69) is 32.1 Å². The van der Waals surface area contributed by atoms with Gasteiger partial charge in [-0.2, -0.15) is 4.98 Å². The second kappa shape index (κ2) is 7.45. The third-order valence-corrected chi connectivity index (χ3v) is 4.99. The van der Waals surface area contributed by atoms with Crippen LogP contribution in [0, 0.1) is 13.8 Å². The normalized spacial score (nSPS) is 20.6. The van der Waals surface area contributed by atoms with E-state index in [1.807, 2.05) is 26.1 Å². The van der Waals surface area contributed by atoms with Crippen molar-refractivity contribution in [1.29, 1.82) is 0 Å². The summed E-state index contributed by atoms with van der Waals surface area (Å²) in [6.07, 6.45) is 2.90. The van der Waals surface area contributed by atoms with Crippen LogP contribution in [0.3, 0.4) is 0 Å². The Morgan fingerprint density at radius 3 is 2.96 bits per heavy atom. The minimum Gasteiger partial charge on any atom is -0.473 e. The predicted molar refractivity (Wildman–Crippen MR) is 96.8 cm³/mol. The summed E-state index contributed by atoms with van der Waals surface area (Å²) in [6.45, 7) is 9.16. The minimum absolute atomic E-state index is 0.0978. The quantitative estimate of drug-likeness (QED) is 0.881. The highest BCUT2D eigenvalue weighted by Gasteiger charge is 2.31. The van der Waals surface area contributed by atoms with E-state index < -0.39 is 0 Å². The van der Waals surface area contributed by atoms with Crippen LogP contribution in [0.1, 0.15) is 36.7 Å². The van der Waals surface area contributed by atoms with Crippen LogP contribution in [0.2, 0.25) is 0 Å². The number of carbonyl (C=O) groups is 1. The van der Waals surface area contributed by atoms with E-state index in [4.69, 9.17) is 4.74 Å². The molecule has 7 nitrogen and oxygen atoms in total. The van der Waals surface area contributed by atoms with Crippen molar-refractivity contribution in [2.24, 2.45) is 0 Å². The van der Waals surface area contributed by atoms with E-state index in [9.17, 15) is 4.79 Å². The van der Waals surface area contributed by atoms with Crippen LogP contribution in [0.5, 0.6) is 5.88 Å². The maximum atomic E-state index is 11.1. The molecule has 0 aromatic carbocycles. The Morgan fingerprint density at radius 2 is 2.24 bits per heavy atom. The number of rotatable bonds is 5. The van der Waals surface area contributed by atoms with E-state index in [0.717, 1.165) is 35.9 Å². The van der Waals surface area contributed by atoms with Crippen molar-refractivity contribution < 1.29 is 9.53 Å². The number of nitrogens with one attached hydrogen (secondary N) is 1. The molecular weight excluding hydrogens is 338 g/mol. The summed E-state index contributed by atoms with van der Waals surface area (Å²) in [6, 6.07) is 2.30. The summed E-state index contributed by atoms with van der Waals surface area (Å²) in [5.74, 6) is 1.28. The zero-order chi connectivity index (χ0) is 18.0. The molecule has 25 heavy (non-hydrogen) atoms. The van der Waals surface area contributed by atoms with Crippen molar-refractivity contribution in [3.05, 3.63) is 28.7 Å². The van der Waals surface area contributed by atoms with Crippen LogP contribution in [0.15, 0.2) is 12.3 Å². The van der Waals surface area contributed by atoms with E-state index in [1.54, 1.807) is 0 Å². The number of likely N-dealkylation sites (tertiary alicyclic amines) is 1.